The lowest BCUT2D eigenvalue weighted by atomic mass is 10.2. The van der Waals surface area contributed by atoms with Crippen molar-refractivity contribution in [1.82, 2.24) is 15.0 Å². The highest BCUT2D eigenvalue weighted by molar-refractivity contribution is 5.76. The van der Waals surface area contributed by atoms with E-state index in [0.29, 0.717) is 12.8 Å². The average molecular weight is 285 g/mol. The molecule has 1 aromatic heterocycles. The minimum absolute atomic E-state index is 0.131. The van der Waals surface area contributed by atoms with Crippen molar-refractivity contribution in [3.05, 3.63) is 30.1 Å². The van der Waals surface area contributed by atoms with E-state index in [9.17, 15) is 4.79 Å². The van der Waals surface area contributed by atoms with Crippen molar-refractivity contribution in [2.24, 2.45) is 5.84 Å². The number of para-hydroxylation sites is 2. The number of rotatable bonds is 7. The fourth-order valence-corrected chi connectivity index (χ4v) is 2.38. The molecule has 0 saturated carbocycles. The van der Waals surface area contributed by atoms with Crippen LogP contribution in [0.25, 0.3) is 11.0 Å². The number of aromatic nitrogens is 2. The van der Waals surface area contributed by atoms with Crippen LogP contribution in [0.15, 0.2) is 24.3 Å². The first-order chi connectivity index (χ1) is 10.3. The molecule has 6 heteroatoms. The lowest BCUT2D eigenvalue weighted by Gasteiger charge is -2.07. The number of nitrogens with two attached hydrogens (primary N) is 1. The maximum absolute atomic E-state index is 11.0. The van der Waals surface area contributed by atoms with Gasteiger partial charge in [0.25, 0.3) is 0 Å². The standard InChI is InChI=1S/C15H19N5O/c16-10-9-14-18-12-6-3-4-7-13(12)20(14)11-5-1-2-8-15(21)19-17/h3-4,6-7H,1-2,5,8-9,11,17H2,(H,19,21). The Morgan fingerprint density at radius 3 is 2.90 bits per heavy atom. The third-order valence-corrected chi connectivity index (χ3v) is 3.42. The van der Waals surface area contributed by atoms with Gasteiger partial charge in [0.15, 0.2) is 0 Å². The van der Waals surface area contributed by atoms with Gasteiger partial charge < -0.3 is 4.57 Å². The maximum Gasteiger partial charge on any atom is 0.233 e. The van der Waals surface area contributed by atoms with E-state index in [4.69, 9.17) is 11.1 Å². The van der Waals surface area contributed by atoms with Crippen LogP contribution in [0.5, 0.6) is 0 Å². The average Bonchev–Trinajstić information content (AvgIpc) is 2.85. The summed E-state index contributed by atoms with van der Waals surface area (Å²) in [6.07, 6.45) is 3.45. The zero-order valence-corrected chi connectivity index (χ0v) is 11.9. The largest absolute Gasteiger partial charge is 0.327 e. The second kappa shape index (κ2) is 7.41. The first kappa shape index (κ1) is 15.0. The van der Waals surface area contributed by atoms with Crippen LogP contribution in [-0.2, 0) is 17.8 Å². The number of nitriles is 1. The SMILES string of the molecule is N#CCc1nc2ccccc2n1CCCCCC(=O)NN. The molecule has 3 N–H and O–H groups in total. The van der Waals surface area contributed by atoms with Crippen LogP contribution in [0.4, 0.5) is 0 Å². The van der Waals surface area contributed by atoms with E-state index >= 15 is 0 Å². The molecular formula is C15H19N5O. The van der Waals surface area contributed by atoms with Crippen molar-refractivity contribution in [1.29, 1.82) is 5.26 Å². The Bertz CT molecular complexity index is 656. The Morgan fingerprint density at radius 1 is 1.33 bits per heavy atom. The van der Waals surface area contributed by atoms with Crippen molar-refractivity contribution in [2.75, 3.05) is 0 Å². The molecule has 1 aromatic carbocycles. The number of unbranched alkanes of at least 4 members (excludes halogenated alkanes) is 2. The van der Waals surface area contributed by atoms with Crippen LogP contribution in [-0.4, -0.2) is 15.5 Å². The summed E-state index contributed by atoms with van der Waals surface area (Å²) >= 11 is 0. The molecule has 0 aliphatic carbocycles. The molecule has 0 fully saturated rings. The normalized spacial score (nSPS) is 10.5. The minimum atomic E-state index is -0.131. The monoisotopic (exact) mass is 285 g/mol. The van der Waals surface area contributed by atoms with Gasteiger partial charge in [-0.25, -0.2) is 10.8 Å². The number of amides is 1. The molecule has 1 heterocycles. The van der Waals surface area contributed by atoms with Gasteiger partial charge in [-0.1, -0.05) is 18.6 Å². The van der Waals surface area contributed by atoms with Crippen LogP contribution in [0.1, 0.15) is 31.5 Å². The summed E-state index contributed by atoms with van der Waals surface area (Å²) in [6.45, 7) is 0.807. The van der Waals surface area contributed by atoms with Gasteiger partial charge in [-0.3, -0.25) is 10.2 Å². The van der Waals surface area contributed by atoms with Crippen LogP contribution in [0.3, 0.4) is 0 Å². The number of carbonyl (C=O) groups excluding carboxylic acids is 1. The minimum Gasteiger partial charge on any atom is -0.327 e. The van der Waals surface area contributed by atoms with Crippen LogP contribution in [0.2, 0.25) is 0 Å². The van der Waals surface area contributed by atoms with Crippen LogP contribution < -0.4 is 11.3 Å². The molecule has 2 aromatic rings. The predicted octanol–water partition coefficient (Wildman–Crippen LogP) is 1.65. The summed E-state index contributed by atoms with van der Waals surface area (Å²) in [5.41, 5.74) is 4.11. The molecule has 1 amide bonds. The van der Waals surface area contributed by atoms with Gasteiger partial charge in [0.2, 0.25) is 5.91 Å². The van der Waals surface area contributed by atoms with E-state index in [1.165, 1.54) is 0 Å². The molecule has 110 valence electrons. The zero-order valence-electron chi connectivity index (χ0n) is 11.9. The first-order valence-electron chi connectivity index (χ1n) is 7.07. The topological polar surface area (TPSA) is 96.7 Å². The lowest BCUT2D eigenvalue weighted by molar-refractivity contribution is -0.121. The summed E-state index contributed by atoms with van der Waals surface area (Å²) in [6, 6.07) is 10.1. The molecule has 0 aliphatic heterocycles. The van der Waals surface area contributed by atoms with E-state index in [0.717, 1.165) is 42.7 Å². The van der Waals surface area contributed by atoms with Gasteiger partial charge in [0.1, 0.15) is 5.82 Å². The van der Waals surface area contributed by atoms with Crippen molar-refractivity contribution in [2.45, 2.75) is 38.6 Å². The molecule has 6 nitrogen and oxygen atoms in total. The van der Waals surface area contributed by atoms with E-state index in [-0.39, 0.29) is 5.91 Å². The number of fused-ring (bicyclic) bond motifs is 1. The third kappa shape index (κ3) is 3.80. The molecule has 0 bridgehead atoms. The molecule has 0 saturated heterocycles. The Morgan fingerprint density at radius 2 is 2.14 bits per heavy atom. The highest BCUT2D eigenvalue weighted by atomic mass is 16.2. The fraction of sp³-hybridized carbons (Fsp3) is 0.400. The Labute approximate surface area is 123 Å². The van der Waals surface area contributed by atoms with Gasteiger partial charge in [-0.2, -0.15) is 5.26 Å². The summed E-state index contributed by atoms with van der Waals surface area (Å²) < 4.78 is 2.10. The van der Waals surface area contributed by atoms with Crippen LogP contribution in [0, 0.1) is 11.3 Å². The van der Waals surface area contributed by atoms with Gasteiger partial charge in [-0.15, -0.1) is 0 Å². The second-order valence-electron chi connectivity index (χ2n) is 4.88. The van der Waals surface area contributed by atoms with Crippen molar-refractivity contribution < 1.29 is 4.79 Å². The molecule has 21 heavy (non-hydrogen) atoms. The van der Waals surface area contributed by atoms with Gasteiger partial charge in [-0.05, 0) is 25.0 Å². The highest BCUT2D eigenvalue weighted by Gasteiger charge is 2.09. The fourth-order valence-electron chi connectivity index (χ4n) is 2.38. The quantitative estimate of drug-likeness (QED) is 0.350. The number of nitrogens with one attached hydrogen (secondary N) is 1. The summed E-state index contributed by atoms with van der Waals surface area (Å²) in [5, 5.41) is 8.91. The number of nitrogens with zero attached hydrogens (tertiary/aromatic N) is 3. The van der Waals surface area contributed by atoms with E-state index in [2.05, 4.69) is 21.0 Å². The highest BCUT2D eigenvalue weighted by Crippen LogP contribution is 2.17. The van der Waals surface area contributed by atoms with E-state index < -0.39 is 0 Å². The Kier molecular flexibility index (Phi) is 5.29. The number of hydrazine groups is 1. The summed E-state index contributed by atoms with van der Waals surface area (Å²) in [5.74, 6) is 5.71. The van der Waals surface area contributed by atoms with Crippen molar-refractivity contribution >= 4 is 16.9 Å². The first-order valence-corrected chi connectivity index (χ1v) is 7.07. The van der Waals surface area contributed by atoms with Crippen molar-refractivity contribution in [3.8, 4) is 6.07 Å². The smallest absolute Gasteiger partial charge is 0.233 e. The van der Waals surface area contributed by atoms with E-state index in [1.807, 2.05) is 24.3 Å². The molecule has 0 atom stereocenters. The van der Waals surface area contributed by atoms with E-state index in [1.54, 1.807) is 0 Å². The number of aryl methyl sites for hydroxylation is 1. The zero-order chi connectivity index (χ0) is 15.1. The predicted molar refractivity (Wildman–Crippen MR) is 79.8 cm³/mol. The summed E-state index contributed by atoms with van der Waals surface area (Å²) in [4.78, 5) is 15.5. The third-order valence-electron chi connectivity index (χ3n) is 3.42. The number of imidazole rings is 1. The molecule has 0 spiro atoms. The van der Waals surface area contributed by atoms with Crippen molar-refractivity contribution in [3.63, 3.8) is 0 Å². The molecule has 2 rings (SSSR count). The lowest BCUT2D eigenvalue weighted by Crippen LogP contribution is -2.29. The summed E-state index contributed by atoms with van der Waals surface area (Å²) in [7, 11) is 0. The maximum atomic E-state index is 11.0. The van der Waals surface area contributed by atoms with Gasteiger partial charge >= 0.3 is 0 Å². The van der Waals surface area contributed by atoms with Crippen LogP contribution >= 0.6 is 0 Å². The second-order valence-corrected chi connectivity index (χ2v) is 4.88. The Balaban J connectivity index is 1.98. The number of hydrogen-bond acceptors (Lipinski definition) is 4. The molecule has 0 radical (unpaired) electrons. The van der Waals surface area contributed by atoms with Gasteiger partial charge in [0.05, 0.1) is 23.5 Å². The molecule has 0 unspecified atom stereocenters. The number of benzene rings is 1. The Hall–Kier alpha value is -2.39. The molecular weight excluding hydrogens is 266 g/mol. The number of carbonyl (C=O) groups is 1. The number of hydrogen-bond donors (Lipinski definition) is 2. The molecule has 0 aliphatic rings. The van der Waals surface area contributed by atoms with Gasteiger partial charge in [0, 0.05) is 13.0 Å².